The van der Waals surface area contributed by atoms with Crippen LogP contribution in [-0.4, -0.2) is 81.9 Å². The van der Waals surface area contributed by atoms with Gasteiger partial charge in [-0.05, 0) is 48.6 Å². The Balaban J connectivity index is 1.51. The Labute approximate surface area is 243 Å². The molecule has 6 atom stereocenters. The van der Waals surface area contributed by atoms with Crippen molar-refractivity contribution < 1.29 is 37.3 Å². The third-order valence-electron chi connectivity index (χ3n) is 7.55. The number of fused-ring (bicyclic) bond motifs is 4. The quantitative estimate of drug-likeness (QED) is 0.386. The number of methoxy groups -OCH3 is 1. The predicted octanol–water partition coefficient (Wildman–Crippen LogP) is 3.44. The first kappa shape index (κ1) is 31.2. The van der Waals surface area contributed by atoms with E-state index < -0.39 is 34.4 Å². The molecule has 2 aromatic rings. The lowest BCUT2D eigenvalue weighted by atomic mass is 9.91. The smallest absolute Gasteiger partial charge is 0.407 e. The molecule has 5 rings (SSSR count). The van der Waals surface area contributed by atoms with E-state index in [1.54, 1.807) is 12.1 Å². The van der Waals surface area contributed by atoms with Crippen LogP contribution in [0, 0.1) is 17.8 Å². The van der Waals surface area contributed by atoms with Crippen molar-refractivity contribution in [2.75, 3.05) is 33.4 Å². The first-order valence-corrected chi connectivity index (χ1v) is 15.6. The van der Waals surface area contributed by atoms with Crippen LogP contribution in [0.4, 0.5) is 4.79 Å². The molecule has 3 aliphatic rings. The number of rotatable bonds is 12. The van der Waals surface area contributed by atoms with Crippen LogP contribution in [-0.2, 0) is 30.7 Å². The SMILES string of the molecule is COc1ccc(S(=O)(=O)N(CC(C)C)C[C@@H](O)[C@H](Cc2ccccc2)NC(=O)OC2COC3OCC2CC3C)cc1. The van der Waals surface area contributed by atoms with E-state index in [0.717, 1.165) is 12.0 Å². The first-order valence-electron chi connectivity index (χ1n) is 14.1. The Bertz CT molecular complexity index is 1220. The van der Waals surface area contributed by atoms with Gasteiger partial charge in [0.2, 0.25) is 10.0 Å². The molecular formula is C30H42N2O8S. The number of alkyl carbamates (subject to hydrolysis) is 1. The summed E-state index contributed by atoms with van der Waals surface area (Å²) in [5.41, 5.74) is 0.879. The monoisotopic (exact) mass is 590 g/mol. The highest BCUT2D eigenvalue weighted by atomic mass is 32.2. The number of nitrogens with zero attached hydrogens (tertiary/aromatic N) is 1. The number of nitrogens with one attached hydrogen (secondary N) is 1. The van der Waals surface area contributed by atoms with Crippen LogP contribution in [0.3, 0.4) is 0 Å². The van der Waals surface area contributed by atoms with Crippen LogP contribution >= 0.6 is 0 Å². The zero-order valence-corrected chi connectivity index (χ0v) is 25.0. The average molecular weight is 591 g/mol. The van der Waals surface area contributed by atoms with Crippen molar-refractivity contribution in [2.24, 2.45) is 17.8 Å². The van der Waals surface area contributed by atoms with Crippen LogP contribution in [0.15, 0.2) is 59.5 Å². The summed E-state index contributed by atoms with van der Waals surface area (Å²) in [7, 11) is -2.43. The summed E-state index contributed by atoms with van der Waals surface area (Å²) in [4.78, 5) is 13.2. The van der Waals surface area contributed by atoms with Crippen LogP contribution in [0.25, 0.3) is 0 Å². The number of aliphatic hydroxyl groups excluding tert-OH is 1. The second-order valence-electron chi connectivity index (χ2n) is 11.4. The molecule has 226 valence electrons. The molecule has 11 heteroatoms. The highest BCUT2D eigenvalue weighted by Gasteiger charge is 2.40. The van der Waals surface area contributed by atoms with Gasteiger partial charge < -0.3 is 29.4 Å². The van der Waals surface area contributed by atoms with E-state index >= 15 is 0 Å². The van der Waals surface area contributed by atoms with Crippen molar-refractivity contribution in [3.63, 3.8) is 0 Å². The van der Waals surface area contributed by atoms with Crippen LogP contribution in [0.2, 0.25) is 0 Å². The van der Waals surface area contributed by atoms with E-state index in [9.17, 15) is 18.3 Å². The third-order valence-corrected chi connectivity index (χ3v) is 9.39. The third kappa shape index (κ3) is 8.20. The van der Waals surface area contributed by atoms with E-state index in [1.165, 1.54) is 23.5 Å². The van der Waals surface area contributed by atoms with Crippen LogP contribution < -0.4 is 10.1 Å². The average Bonchev–Trinajstić information content (AvgIpc) is 3.23. The molecule has 3 aliphatic heterocycles. The molecule has 41 heavy (non-hydrogen) atoms. The van der Waals surface area contributed by atoms with E-state index in [4.69, 9.17) is 18.9 Å². The van der Waals surface area contributed by atoms with Gasteiger partial charge in [0.25, 0.3) is 0 Å². The first-order chi connectivity index (χ1) is 19.6. The van der Waals surface area contributed by atoms with E-state index in [1.807, 2.05) is 44.2 Å². The summed E-state index contributed by atoms with van der Waals surface area (Å²) in [5.74, 6) is 0.759. The fraction of sp³-hybridized carbons (Fsp3) is 0.567. The lowest BCUT2D eigenvalue weighted by Crippen LogP contribution is -2.52. The van der Waals surface area contributed by atoms with Crippen molar-refractivity contribution in [3.8, 4) is 5.75 Å². The molecule has 3 heterocycles. The molecule has 4 unspecified atom stereocenters. The minimum absolute atomic E-state index is 0.00388. The number of hydrogen-bond donors (Lipinski definition) is 2. The van der Waals surface area contributed by atoms with Gasteiger partial charge >= 0.3 is 6.09 Å². The number of aliphatic hydroxyl groups is 1. The van der Waals surface area contributed by atoms with Gasteiger partial charge in [-0.2, -0.15) is 4.31 Å². The molecular weight excluding hydrogens is 548 g/mol. The van der Waals surface area contributed by atoms with Crippen molar-refractivity contribution in [2.45, 2.75) is 63.0 Å². The Morgan fingerprint density at radius 3 is 2.39 bits per heavy atom. The van der Waals surface area contributed by atoms with E-state index in [-0.39, 0.29) is 55.1 Å². The zero-order chi connectivity index (χ0) is 29.6. The summed E-state index contributed by atoms with van der Waals surface area (Å²) in [5, 5.41) is 14.3. The molecule has 3 saturated heterocycles. The number of benzene rings is 2. The van der Waals surface area contributed by atoms with Gasteiger partial charge in [0.1, 0.15) is 11.9 Å². The molecule has 0 aliphatic carbocycles. The van der Waals surface area contributed by atoms with Gasteiger partial charge in [-0.1, -0.05) is 51.1 Å². The van der Waals surface area contributed by atoms with E-state index in [0.29, 0.717) is 12.4 Å². The maximum atomic E-state index is 13.6. The molecule has 0 aromatic heterocycles. The summed E-state index contributed by atoms with van der Waals surface area (Å²) in [6, 6.07) is 14.7. The number of hydrogen-bond acceptors (Lipinski definition) is 8. The number of ether oxygens (including phenoxy) is 4. The molecule has 2 bridgehead atoms. The van der Waals surface area contributed by atoms with Crippen LogP contribution in [0.1, 0.15) is 32.8 Å². The normalized spacial score (nSPS) is 24.1. The van der Waals surface area contributed by atoms with Gasteiger partial charge in [0, 0.05) is 24.9 Å². The van der Waals surface area contributed by atoms with Gasteiger partial charge in [-0.25, -0.2) is 13.2 Å². The Morgan fingerprint density at radius 2 is 1.76 bits per heavy atom. The molecule has 0 spiro atoms. The summed E-state index contributed by atoms with van der Waals surface area (Å²) >= 11 is 0. The van der Waals surface area contributed by atoms with Crippen molar-refractivity contribution in [1.29, 1.82) is 0 Å². The standard InChI is InChI=1S/C30H42N2O8S/c1-20(2)16-32(41(35,36)25-12-10-24(37-4)11-13-25)17-27(33)26(15-22-8-6-5-7-9-22)31-30(34)40-28-19-39-29-21(3)14-23(28)18-38-29/h5-13,20-21,23,26-29,33H,14-19H2,1-4H3,(H,31,34)/t21?,23?,26-,27+,28?,29?/m0/s1. The van der Waals surface area contributed by atoms with Gasteiger partial charge in [-0.15, -0.1) is 0 Å². The van der Waals surface area contributed by atoms with Gasteiger partial charge in [0.15, 0.2) is 6.29 Å². The Kier molecular flexibility index (Phi) is 10.6. The van der Waals surface area contributed by atoms with E-state index in [2.05, 4.69) is 12.2 Å². The molecule has 3 fully saturated rings. The number of sulfonamides is 1. The molecule has 0 radical (unpaired) electrons. The molecule has 2 N–H and O–H groups in total. The minimum atomic E-state index is -3.95. The molecule has 10 nitrogen and oxygen atoms in total. The largest absolute Gasteiger partial charge is 0.497 e. The van der Waals surface area contributed by atoms with Crippen LogP contribution in [0.5, 0.6) is 5.75 Å². The molecule has 1 amide bonds. The van der Waals surface area contributed by atoms with Gasteiger partial charge in [-0.3, -0.25) is 0 Å². The summed E-state index contributed by atoms with van der Waals surface area (Å²) in [6.07, 6.45) is -1.58. The molecule has 0 saturated carbocycles. The highest BCUT2D eigenvalue weighted by Crippen LogP contribution is 2.33. The van der Waals surface area contributed by atoms with Crippen molar-refractivity contribution in [3.05, 3.63) is 60.2 Å². The number of carbonyl (C=O) groups is 1. The van der Waals surface area contributed by atoms with Gasteiger partial charge in [0.05, 0.1) is 37.4 Å². The summed E-state index contributed by atoms with van der Waals surface area (Å²) < 4.78 is 51.0. The molecule has 2 aromatic carbocycles. The second-order valence-corrected chi connectivity index (χ2v) is 13.3. The lowest BCUT2D eigenvalue weighted by Gasteiger charge is -2.32. The second kappa shape index (κ2) is 14.0. The predicted molar refractivity (Wildman–Crippen MR) is 153 cm³/mol. The maximum absolute atomic E-state index is 13.6. The number of amides is 1. The van der Waals surface area contributed by atoms with Crippen molar-refractivity contribution in [1.82, 2.24) is 9.62 Å². The minimum Gasteiger partial charge on any atom is -0.497 e. The zero-order valence-electron chi connectivity index (χ0n) is 24.1. The Hall–Kier alpha value is -2.70. The highest BCUT2D eigenvalue weighted by molar-refractivity contribution is 7.89. The summed E-state index contributed by atoms with van der Waals surface area (Å²) in [6.45, 7) is 6.53. The lowest BCUT2D eigenvalue weighted by molar-refractivity contribution is -0.175. The topological polar surface area (TPSA) is 124 Å². The fourth-order valence-electron chi connectivity index (χ4n) is 5.35. The Morgan fingerprint density at radius 1 is 1.07 bits per heavy atom. The maximum Gasteiger partial charge on any atom is 0.407 e. The van der Waals surface area contributed by atoms with Crippen molar-refractivity contribution >= 4 is 16.1 Å². The number of carbonyl (C=O) groups excluding carboxylic acids is 1. The fourth-order valence-corrected chi connectivity index (χ4v) is 6.97.